The van der Waals surface area contributed by atoms with E-state index in [0.717, 1.165) is 102 Å². The molecule has 2 aliphatic rings. The fraction of sp³-hybridized carbons (Fsp3) is 0.217. The van der Waals surface area contributed by atoms with Gasteiger partial charge in [-0.15, -0.1) is 29.7 Å². The number of benzene rings is 11. The molecule has 0 spiro atoms. The first-order valence-electron chi connectivity index (χ1n) is 39.9. The van der Waals surface area contributed by atoms with E-state index in [2.05, 4.69) is 196 Å². The van der Waals surface area contributed by atoms with Gasteiger partial charge in [0.1, 0.15) is 5.82 Å². The summed E-state index contributed by atoms with van der Waals surface area (Å²) in [6.45, 7) is 29.2. The first-order chi connectivity index (χ1) is 51.9. The number of aromatic nitrogens is 4. The maximum atomic E-state index is 10.6. The Morgan fingerprint density at radius 2 is 1.01 bits per heavy atom. The van der Waals surface area contributed by atoms with Crippen molar-refractivity contribution in [3.8, 4) is 107 Å². The third-order valence-electron chi connectivity index (χ3n) is 19.9. The molecule has 488 valence electrons. The average molecular weight is 1470 g/mol. The molecule has 0 saturated heterocycles. The van der Waals surface area contributed by atoms with E-state index in [0.29, 0.717) is 33.8 Å². The fourth-order valence-corrected chi connectivity index (χ4v) is 14.4. The zero-order valence-corrected chi connectivity index (χ0v) is 59.7. The number of nitrogens with zero attached hydrogens (tertiary/aromatic N) is 4. The number of pyridine rings is 1. The van der Waals surface area contributed by atoms with E-state index in [4.69, 9.17) is 17.9 Å². The van der Waals surface area contributed by atoms with Crippen LogP contribution in [0.4, 0.5) is 0 Å². The largest absolute Gasteiger partial charge is 0.510 e. The second kappa shape index (κ2) is 23.8. The average Bonchev–Trinajstić information content (AvgIpc) is 1.60. The van der Waals surface area contributed by atoms with Crippen LogP contribution in [0.5, 0.6) is 11.5 Å². The Balaban J connectivity index is 0.00000977. The molecule has 5 nitrogen and oxygen atoms in total. The Hall–Kier alpha value is -9.67. The van der Waals surface area contributed by atoms with E-state index in [1.54, 1.807) is 6.07 Å². The Labute approximate surface area is 611 Å². The predicted octanol–water partition coefficient (Wildman–Crippen LogP) is 23.8. The minimum atomic E-state index is -0.749. The van der Waals surface area contributed by atoms with Crippen LogP contribution >= 0.6 is 0 Å². The third-order valence-corrected chi connectivity index (χ3v) is 19.9. The van der Waals surface area contributed by atoms with Gasteiger partial charge in [-0.25, -0.2) is 4.98 Å². The van der Waals surface area contributed by atoms with Gasteiger partial charge in [0.05, 0.1) is 34.5 Å². The summed E-state index contributed by atoms with van der Waals surface area (Å²) >= 11 is 0. The molecule has 0 fully saturated rings. The summed E-state index contributed by atoms with van der Waals surface area (Å²) in [5.74, 6) is 1.44. The molecule has 4 heterocycles. The molecule has 1 aliphatic heterocycles. The zero-order chi connectivity index (χ0) is 78.4. The van der Waals surface area contributed by atoms with E-state index in [-0.39, 0.29) is 59.3 Å². The monoisotopic (exact) mass is 1470 g/mol. The normalized spacial score (nSPS) is 15.8. The molecule has 0 N–H and O–H groups in total. The first-order valence-corrected chi connectivity index (χ1v) is 33.4. The molecule has 0 bridgehead atoms. The van der Waals surface area contributed by atoms with Gasteiger partial charge in [-0.3, -0.25) is 4.57 Å². The van der Waals surface area contributed by atoms with Gasteiger partial charge in [-0.2, -0.15) is 18.2 Å². The van der Waals surface area contributed by atoms with Crippen molar-refractivity contribution in [2.75, 3.05) is 0 Å². The van der Waals surface area contributed by atoms with Gasteiger partial charge in [0.25, 0.3) is 6.33 Å². The van der Waals surface area contributed by atoms with Crippen LogP contribution in [0.15, 0.2) is 236 Å². The molecule has 16 rings (SSSR count). The SMILES string of the molecule is [2H]c1c([2H])c([2H])c(-c2c([2H])c(-c3cc4c5c(c3)n(-c3[c-]c(Oc6[c-]c7c(cc6)c6ccccc6n7-c6cc(C(C)(C)C)ccn6)ccc3)[c-][n+]5-c3c(-c5cc(C(C)(C)C)cc(C(C)(C)C)c5)cccc3-c3cc5c(cc3-c3ccccc3-4)C(C)(C)CCC5(C)C)c([2H])c(-c3c([2H])c([2H])c([2H])c([2H])c3[2H])c2[2H])c([2H])c1[2H].[Pt]. The van der Waals surface area contributed by atoms with Gasteiger partial charge in [0, 0.05) is 44.3 Å². The minimum Gasteiger partial charge on any atom is -0.510 e. The summed E-state index contributed by atoms with van der Waals surface area (Å²) in [6.07, 6.45) is 7.71. The van der Waals surface area contributed by atoms with Crippen molar-refractivity contribution in [2.45, 2.75) is 130 Å². The number of fused-ring (bicyclic) bond motifs is 11. The Kier molecular flexibility index (Phi) is 12.3. The molecule has 0 saturated carbocycles. The molecule has 3 aromatic heterocycles. The van der Waals surface area contributed by atoms with Crippen LogP contribution in [0.2, 0.25) is 0 Å². The van der Waals surface area contributed by atoms with Gasteiger partial charge in [-0.1, -0.05) is 247 Å². The Bertz CT molecular complexity index is 6140. The van der Waals surface area contributed by atoms with Gasteiger partial charge in [0.2, 0.25) is 0 Å². The standard InChI is InChI=1S/C92H82N4O.Pt/c1-88(2,3)65-40-43-93-85(52-65)96-82-37-23-22-34-74(82)75-39-38-70(54-83(75)96)97-69-31-24-30-68(53-69)94-57-95-86-71(64-47-66(89(4,5)6)51-67(48-64)90(7,8)9)35-25-36-76(86)78-56-81-80(91(10,11)41-42-92(81,12)13)55-77(78)72-32-20-21-33-73(72)79-49-63(50-84(94)87(79)95)62-45-60(58-26-16-14-17-27-58)44-61(46-62)59-28-18-15-19-29-59;/h14-40,43-52,55-56H,41-42H2,1-13H3;/q-2;/i14D,15D,16D,17D,18D,19D,26D,27D,28D,29D,44D,45D,46D;. The van der Waals surface area contributed by atoms with E-state index < -0.39 is 101 Å². The smallest absolute Gasteiger partial charge is 0.268 e. The van der Waals surface area contributed by atoms with Crippen LogP contribution in [0.3, 0.4) is 0 Å². The minimum absolute atomic E-state index is 0. The summed E-state index contributed by atoms with van der Waals surface area (Å²) in [4.78, 5) is 4.93. The van der Waals surface area contributed by atoms with Gasteiger partial charge >= 0.3 is 0 Å². The van der Waals surface area contributed by atoms with Crippen LogP contribution in [0.25, 0.3) is 128 Å². The predicted molar refractivity (Wildman–Crippen MR) is 403 cm³/mol. The topological polar surface area (TPSA) is 35.9 Å². The molecule has 98 heavy (non-hydrogen) atoms. The Morgan fingerprint density at radius 1 is 0.459 bits per heavy atom. The fourth-order valence-electron chi connectivity index (χ4n) is 14.4. The van der Waals surface area contributed by atoms with Crippen molar-refractivity contribution >= 4 is 32.8 Å². The van der Waals surface area contributed by atoms with Crippen LogP contribution in [0, 0.1) is 18.5 Å². The maximum Gasteiger partial charge on any atom is 0.268 e. The molecule has 1 aliphatic carbocycles. The van der Waals surface area contributed by atoms with Crippen molar-refractivity contribution < 1.29 is 48.2 Å². The second-order valence-electron chi connectivity index (χ2n) is 30.5. The van der Waals surface area contributed by atoms with E-state index in [1.807, 2.05) is 77.5 Å². The summed E-state index contributed by atoms with van der Waals surface area (Å²) in [7, 11) is 0. The van der Waals surface area contributed by atoms with E-state index in [9.17, 15) is 9.60 Å². The molecular weight excluding hydrogens is 1370 g/mol. The zero-order valence-electron chi connectivity index (χ0n) is 70.4. The number of hydrogen-bond acceptors (Lipinski definition) is 2. The van der Waals surface area contributed by atoms with Crippen molar-refractivity contribution in [1.29, 1.82) is 0 Å². The summed E-state index contributed by atoms with van der Waals surface area (Å²) in [6, 6.07) is 49.9. The van der Waals surface area contributed by atoms with Gasteiger partial charge < -0.3 is 13.9 Å². The number of para-hydroxylation sites is 2. The molecule has 14 aromatic rings. The third kappa shape index (κ3) is 11.3. The number of rotatable bonds is 8. The maximum absolute atomic E-state index is 10.6. The Morgan fingerprint density at radius 3 is 1.64 bits per heavy atom. The molecule has 11 aromatic carbocycles. The molecule has 6 heteroatoms. The molecule has 0 unspecified atom stereocenters. The number of hydrogen-bond donors (Lipinski definition) is 0. The molecule has 0 atom stereocenters. The van der Waals surface area contributed by atoms with Crippen LogP contribution < -0.4 is 9.30 Å². The van der Waals surface area contributed by atoms with Gasteiger partial charge in [-0.05, 0) is 205 Å². The van der Waals surface area contributed by atoms with Crippen molar-refractivity contribution in [3.63, 3.8) is 0 Å². The van der Waals surface area contributed by atoms with Gasteiger partial charge in [0.15, 0.2) is 0 Å². The second-order valence-corrected chi connectivity index (χ2v) is 30.5. The van der Waals surface area contributed by atoms with E-state index in [1.165, 1.54) is 11.1 Å². The van der Waals surface area contributed by atoms with Crippen LogP contribution in [0.1, 0.15) is 148 Å². The molecular formula is C92H82N4OPt-2. The van der Waals surface area contributed by atoms with Crippen molar-refractivity contribution in [2.24, 2.45) is 0 Å². The molecule has 0 radical (unpaired) electrons. The number of imidazole rings is 1. The van der Waals surface area contributed by atoms with Crippen molar-refractivity contribution in [1.82, 2.24) is 14.1 Å². The van der Waals surface area contributed by atoms with E-state index >= 15 is 0 Å². The quantitative estimate of drug-likeness (QED) is 0.112. The first kappa shape index (κ1) is 50.6. The summed E-state index contributed by atoms with van der Waals surface area (Å²) in [5.41, 5.74) is 13.4. The summed E-state index contributed by atoms with van der Waals surface area (Å²) < 4.78 is 135. The number of ether oxygens (including phenoxy) is 1. The van der Waals surface area contributed by atoms with Crippen LogP contribution in [-0.2, 0) is 48.1 Å². The van der Waals surface area contributed by atoms with Crippen molar-refractivity contribution in [3.05, 3.63) is 283 Å². The molecule has 0 amide bonds. The van der Waals surface area contributed by atoms with Crippen LogP contribution in [-0.4, -0.2) is 14.1 Å². The summed E-state index contributed by atoms with van der Waals surface area (Å²) in [5, 5.41) is 1.97.